The van der Waals surface area contributed by atoms with Crippen LogP contribution in [-0.2, 0) is 16.1 Å². The van der Waals surface area contributed by atoms with Crippen LogP contribution in [-0.4, -0.2) is 29.7 Å². The summed E-state index contributed by atoms with van der Waals surface area (Å²) in [5, 5.41) is 0. The molecule has 26 heavy (non-hydrogen) atoms. The number of rotatable bonds is 7. The first-order valence-electron chi connectivity index (χ1n) is 8.41. The van der Waals surface area contributed by atoms with Crippen molar-refractivity contribution < 1.29 is 19.0 Å². The Bertz CT molecular complexity index is 816. The molecule has 0 amide bonds. The number of hydrogen-bond donors (Lipinski definition) is 0. The van der Waals surface area contributed by atoms with Gasteiger partial charge in [0.1, 0.15) is 6.61 Å². The third kappa shape index (κ3) is 4.81. The average molecular weight is 356 g/mol. The predicted molar refractivity (Wildman–Crippen MR) is 99.2 cm³/mol. The molecule has 0 radical (unpaired) electrons. The summed E-state index contributed by atoms with van der Waals surface area (Å²) in [4.78, 5) is 20.6. The predicted octanol–water partition coefficient (Wildman–Crippen LogP) is 3.57. The number of esters is 1. The van der Waals surface area contributed by atoms with Crippen LogP contribution < -0.4 is 9.47 Å². The molecule has 0 aliphatic carbocycles. The minimum absolute atomic E-state index is 0.251. The van der Waals surface area contributed by atoms with E-state index in [9.17, 15) is 4.79 Å². The SMILES string of the molecule is CCOC(=O)/C=C/c1cccc(OC)c1OCc1nc(C)c(C)nc1C. The fourth-order valence-corrected chi connectivity index (χ4v) is 2.37. The van der Waals surface area contributed by atoms with Gasteiger partial charge in [-0.1, -0.05) is 12.1 Å². The van der Waals surface area contributed by atoms with E-state index in [0.29, 0.717) is 23.7 Å². The number of methoxy groups -OCH3 is 1. The van der Waals surface area contributed by atoms with Gasteiger partial charge in [0.15, 0.2) is 11.5 Å². The molecule has 138 valence electrons. The Balaban J connectivity index is 2.27. The average Bonchev–Trinajstić information content (AvgIpc) is 2.62. The number of carbonyl (C=O) groups is 1. The van der Waals surface area contributed by atoms with Crippen molar-refractivity contribution in [1.82, 2.24) is 9.97 Å². The molecule has 0 aliphatic heterocycles. The third-order valence-corrected chi connectivity index (χ3v) is 3.85. The van der Waals surface area contributed by atoms with Crippen molar-refractivity contribution in [1.29, 1.82) is 0 Å². The number of aryl methyl sites for hydroxylation is 3. The molecule has 6 nitrogen and oxygen atoms in total. The zero-order valence-electron chi connectivity index (χ0n) is 15.8. The second-order valence-electron chi connectivity index (χ2n) is 5.68. The third-order valence-electron chi connectivity index (χ3n) is 3.85. The molecule has 2 aromatic rings. The Morgan fingerprint density at radius 2 is 1.85 bits per heavy atom. The summed E-state index contributed by atoms with van der Waals surface area (Å²) in [5.41, 5.74) is 4.08. The first-order valence-corrected chi connectivity index (χ1v) is 8.41. The molecule has 2 rings (SSSR count). The molecule has 0 saturated heterocycles. The topological polar surface area (TPSA) is 70.5 Å². The Morgan fingerprint density at radius 3 is 2.54 bits per heavy atom. The lowest BCUT2D eigenvalue weighted by atomic mass is 10.1. The Kier molecular flexibility index (Phi) is 6.72. The van der Waals surface area contributed by atoms with E-state index in [1.165, 1.54) is 6.08 Å². The number of benzene rings is 1. The lowest BCUT2D eigenvalue weighted by molar-refractivity contribution is -0.137. The summed E-state index contributed by atoms with van der Waals surface area (Å²) in [7, 11) is 1.57. The second kappa shape index (κ2) is 8.99. The normalized spacial score (nSPS) is 10.8. The molecule has 0 bridgehead atoms. The van der Waals surface area contributed by atoms with Crippen LogP contribution in [0.4, 0.5) is 0 Å². The molecule has 6 heteroatoms. The Morgan fingerprint density at radius 1 is 1.12 bits per heavy atom. The summed E-state index contributed by atoms with van der Waals surface area (Å²) in [6.45, 7) is 8.09. The monoisotopic (exact) mass is 356 g/mol. The van der Waals surface area contributed by atoms with E-state index >= 15 is 0 Å². The number of carbonyl (C=O) groups excluding carboxylic acids is 1. The van der Waals surface area contributed by atoms with Crippen molar-refractivity contribution in [3.63, 3.8) is 0 Å². The van der Waals surface area contributed by atoms with E-state index in [1.807, 2.05) is 32.9 Å². The Hall–Kier alpha value is -2.89. The molecule has 1 aromatic carbocycles. The molecular formula is C20H24N2O4. The number of aromatic nitrogens is 2. The fraction of sp³-hybridized carbons (Fsp3) is 0.350. The summed E-state index contributed by atoms with van der Waals surface area (Å²) in [5.74, 6) is 0.706. The maximum atomic E-state index is 11.6. The van der Waals surface area contributed by atoms with Gasteiger partial charge in [0.2, 0.25) is 0 Å². The van der Waals surface area contributed by atoms with Crippen molar-refractivity contribution in [2.24, 2.45) is 0 Å². The van der Waals surface area contributed by atoms with Crippen molar-refractivity contribution in [3.05, 3.63) is 52.6 Å². The number of hydrogen-bond acceptors (Lipinski definition) is 6. The van der Waals surface area contributed by atoms with E-state index in [4.69, 9.17) is 14.2 Å². The van der Waals surface area contributed by atoms with E-state index in [2.05, 4.69) is 9.97 Å². The van der Waals surface area contributed by atoms with Crippen molar-refractivity contribution >= 4 is 12.0 Å². The van der Waals surface area contributed by atoms with E-state index < -0.39 is 5.97 Å². The van der Waals surface area contributed by atoms with E-state index in [-0.39, 0.29) is 6.61 Å². The van der Waals surface area contributed by atoms with Gasteiger partial charge in [-0.3, -0.25) is 9.97 Å². The van der Waals surface area contributed by atoms with Gasteiger partial charge in [0.25, 0.3) is 0 Å². The molecule has 1 aromatic heterocycles. The van der Waals surface area contributed by atoms with Crippen LogP contribution in [0, 0.1) is 20.8 Å². The minimum Gasteiger partial charge on any atom is -0.493 e. The fourth-order valence-electron chi connectivity index (χ4n) is 2.37. The molecule has 0 fully saturated rings. The maximum absolute atomic E-state index is 11.6. The highest BCUT2D eigenvalue weighted by molar-refractivity contribution is 5.87. The highest BCUT2D eigenvalue weighted by atomic mass is 16.5. The minimum atomic E-state index is -0.405. The summed E-state index contributed by atoms with van der Waals surface area (Å²) in [6.07, 6.45) is 3.01. The van der Waals surface area contributed by atoms with Crippen LogP contribution in [0.2, 0.25) is 0 Å². The number of para-hydroxylation sites is 1. The molecule has 0 saturated carbocycles. The second-order valence-corrected chi connectivity index (χ2v) is 5.68. The number of nitrogens with zero attached hydrogens (tertiary/aromatic N) is 2. The first-order chi connectivity index (χ1) is 12.5. The zero-order chi connectivity index (χ0) is 19.1. The van der Waals surface area contributed by atoms with E-state index in [0.717, 1.165) is 22.8 Å². The molecule has 1 heterocycles. The summed E-state index contributed by atoms with van der Waals surface area (Å²) < 4.78 is 16.3. The van der Waals surface area contributed by atoms with Crippen LogP contribution in [0.25, 0.3) is 6.08 Å². The van der Waals surface area contributed by atoms with Crippen LogP contribution in [0.1, 0.15) is 35.3 Å². The number of ether oxygens (including phenoxy) is 3. The van der Waals surface area contributed by atoms with Crippen LogP contribution in [0.15, 0.2) is 24.3 Å². The zero-order valence-corrected chi connectivity index (χ0v) is 15.8. The van der Waals surface area contributed by atoms with Gasteiger partial charge in [-0.05, 0) is 39.8 Å². The standard InChI is InChI=1S/C20H24N2O4/c1-6-25-19(23)11-10-16-8-7-9-18(24-5)20(16)26-12-17-15(4)21-13(2)14(3)22-17/h7-11H,6,12H2,1-5H3/b11-10+. The van der Waals surface area contributed by atoms with Gasteiger partial charge in [0, 0.05) is 11.6 Å². The van der Waals surface area contributed by atoms with Gasteiger partial charge < -0.3 is 14.2 Å². The van der Waals surface area contributed by atoms with Gasteiger partial charge in [-0.15, -0.1) is 0 Å². The largest absolute Gasteiger partial charge is 0.493 e. The molecule has 0 aliphatic rings. The van der Waals surface area contributed by atoms with Crippen molar-refractivity contribution in [3.8, 4) is 11.5 Å². The first kappa shape index (κ1) is 19.4. The summed E-state index contributed by atoms with van der Waals surface area (Å²) >= 11 is 0. The Labute approximate surface area is 153 Å². The van der Waals surface area contributed by atoms with Gasteiger partial charge in [-0.25, -0.2) is 4.79 Å². The van der Waals surface area contributed by atoms with Crippen LogP contribution in [0.3, 0.4) is 0 Å². The molecule has 0 atom stereocenters. The maximum Gasteiger partial charge on any atom is 0.330 e. The van der Waals surface area contributed by atoms with Gasteiger partial charge >= 0.3 is 5.97 Å². The summed E-state index contributed by atoms with van der Waals surface area (Å²) in [6, 6.07) is 5.47. The smallest absolute Gasteiger partial charge is 0.330 e. The quantitative estimate of drug-likeness (QED) is 0.558. The highest BCUT2D eigenvalue weighted by Gasteiger charge is 2.12. The lowest BCUT2D eigenvalue weighted by Gasteiger charge is -2.14. The van der Waals surface area contributed by atoms with Gasteiger partial charge in [0.05, 0.1) is 36.5 Å². The molecular weight excluding hydrogens is 332 g/mol. The van der Waals surface area contributed by atoms with E-state index in [1.54, 1.807) is 26.2 Å². The molecule has 0 spiro atoms. The van der Waals surface area contributed by atoms with Crippen LogP contribution >= 0.6 is 0 Å². The van der Waals surface area contributed by atoms with Gasteiger partial charge in [-0.2, -0.15) is 0 Å². The highest BCUT2D eigenvalue weighted by Crippen LogP contribution is 2.32. The van der Waals surface area contributed by atoms with Crippen molar-refractivity contribution in [2.45, 2.75) is 34.3 Å². The van der Waals surface area contributed by atoms with Crippen LogP contribution in [0.5, 0.6) is 11.5 Å². The molecule has 0 N–H and O–H groups in total. The lowest BCUT2D eigenvalue weighted by Crippen LogP contribution is -2.07. The molecule has 0 unspecified atom stereocenters. The van der Waals surface area contributed by atoms with Crippen molar-refractivity contribution in [2.75, 3.05) is 13.7 Å².